The Morgan fingerprint density at radius 3 is 2.62 bits per heavy atom. The van der Waals surface area contributed by atoms with Crippen LogP contribution in [0, 0.1) is 12.7 Å². The van der Waals surface area contributed by atoms with Gasteiger partial charge in [0.1, 0.15) is 5.01 Å². The lowest BCUT2D eigenvalue weighted by Gasteiger charge is -2.10. The van der Waals surface area contributed by atoms with Crippen molar-refractivity contribution in [3.63, 3.8) is 0 Å². The number of aromatic nitrogens is 3. The standard InChI is InChI=1S/C10H11FN4S/c1-6-5-16-9(14-6)7(2)15-10-12-3-8(11)4-13-10/h3-5,7H,1-2H3,(H,12,13,15). The zero-order valence-corrected chi connectivity index (χ0v) is 9.75. The molecular weight excluding hydrogens is 227 g/mol. The molecule has 6 heteroatoms. The van der Waals surface area contributed by atoms with Crippen LogP contribution in [0.25, 0.3) is 0 Å². The maximum Gasteiger partial charge on any atom is 0.223 e. The van der Waals surface area contributed by atoms with Crippen LogP contribution >= 0.6 is 11.3 Å². The molecule has 0 aliphatic rings. The number of halogens is 1. The van der Waals surface area contributed by atoms with Gasteiger partial charge in [0.05, 0.1) is 18.4 Å². The summed E-state index contributed by atoms with van der Waals surface area (Å²) in [6, 6.07) is 0.0177. The summed E-state index contributed by atoms with van der Waals surface area (Å²) in [5.41, 5.74) is 0.994. The second-order valence-corrected chi connectivity index (χ2v) is 4.31. The summed E-state index contributed by atoms with van der Waals surface area (Å²) in [5, 5.41) is 6.01. The minimum Gasteiger partial charge on any atom is -0.345 e. The number of hydrogen-bond donors (Lipinski definition) is 1. The minimum atomic E-state index is -0.441. The molecular formula is C10H11FN4S. The monoisotopic (exact) mass is 238 g/mol. The molecule has 2 heterocycles. The first-order valence-electron chi connectivity index (χ1n) is 4.81. The molecule has 0 aromatic carbocycles. The van der Waals surface area contributed by atoms with Crippen molar-refractivity contribution in [2.45, 2.75) is 19.9 Å². The predicted octanol–water partition coefficient (Wildman–Crippen LogP) is 2.55. The molecule has 4 nitrogen and oxygen atoms in total. The van der Waals surface area contributed by atoms with Crippen molar-refractivity contribution in [1.29, 1.82) is 0 Å². The number of nitrogens with zero attached hydrogens (tertiary/aromatic N) is 3. The lowest BCUT2D eigenvalue weighted by Crippen LogP contribution is -2.09. The van der Waals surface area contributed by atoms with Crippen LogP contribution in [0.2, 0.25) is 0 Å². The fourth-order valence-corrected chi connectivity index (χ4v) is 2.02. The Morgan fingerprint density at radius 2 is 2.06 bits per heavy atom. The van der Waals surface area contributed by atoms with Crippen molar-refractivity contribution in [1.82, 2.24) is 15.0 Å². The van der Waals surface area contributed by atoms with Crippen LogP contribution in [0.4, 0.5) is 10.3 Å². The number of thiazole rings is 1. The zero-order valence-electron chi connectivity index (χ0n) is 8.94. The first kappa shape index (κ1) is 10.9. The number of rotatable bonds is 3. The van der Waals surface area contributed by atoms with Crippen LogP contribution < -0.4 is 5.32 Å². The van der Waals surface area contributed by atoms with Gasteiger partial charge in [0.25, 0.3) is 0 Å². The van der Waals surface area contributed by atoms with E-state index in [-0.39, 0.29) is 6.04 Å². The van der Waals surface area contributed by atoms with Gasteiger partial charge in [-0.3, -0.25) is 0 Å². The van der Waals surface area contributed by atoms with E-state index in [1.54, 1.807) is 11.3 Å². The van der Waals surface area contributed by atoms with E-state index in [1.165, 1.54) is 0 Å². The Labute approximate surface area is 96.6 Å². The van der Waals surface area contributed by atoms with Gasteiger partial charge in [0.15, 0.2) is 5.82 Å². The highest BCUT2D eigenvalue weighted by atomic mass is 32.1. The van der Waals surface area contributed by atoms with E-state index in [9.17, 15) is 4.39 Å². The topological polar surface area (TPSA) is 50.7 Å². The Hall–Kier alpha value is -1.56. The quantitative estimate of drug-likeness (QED) is 0.892. The summed E-state index contributed by atoms with van der Waals surface area (Å²) in [4.78, 5) is 12.0. The third-order valence-corrected chi connectivity index (χ3v) is 3.12. The highest BCUT2D eigenvalue weighted by molar-refractivity contribution is 7.09. The van der Waals surface area contributed by atoms with Crippen molar-refractivity contribution in [2.24, 2.45) is 0 Å². The molecule has 2 aromatic heterocycles. The van der Waals surface area contributed by atoms with E-state index >= 15 is 0 Å². The molecule has 1 unspecified atom stereocenters. The molecule has 0 radical (unpaired) electrons. The van der Waals surface area contributed by atoms with Gasteiger partial charge in [-0.05, 0) is 13.8 Å². The largest absolute Gasteiger partial charge is 0.345 e. The van der Waals surface area contributed by atoms with E-state index in [2.05, 4.69) is 20.3 Å². The molecule has 84 valence electrons. The van der Waals surface area contributed by atoms with Crippen molar-refractivity contribution in [2.75, 3.05) is 5.32 Å². The molecule has 2 aromatic rings. The summed E-state index contributed by atoms with van der Waals surface area (Å²) in [7, 11) is 0. The molecule has 0 saturated heterocycles. The first-order valence-corrected chi connectivity index (χ1v) is 5.69. The molecule has 0 saturated carbocycles. The molecule has 0 fully saturated rings. The van der Waals surface area contributed by atoms with E-state index < -0.39 is 5.82 Å². The number of aryl methyl sites for hydroxylation is 1. The van der Waals surface area contributed by atoms with Gasteiger partial charge in [0, 0.05) is 11.1 Å². The lowest BCUT2D eigenvalue weighted by molar-refractivity contribution is 0.613. The van der Waals surface area contributed by atoms with Gasteiger partial charge in [-0.1, -0.05) is 0 Å². The lowest BCUT2D eigenvalue weighted by atomic mass is 10.3. The van der Waals surface area contributed by atoms with E-state index in [0.717, 1.165) is 23.1 Å². The average molecular weight is 238 g/mol. The van der Waals surface area contributed by atoms with Crippen LogP contribution in [-0.2, 0) is 0 Å². The molecule has 0 amide bonds. The number of anilines is 1. The molecule has 16 heavy (non-hydrogen) atoms. The Morgan fingerprint density at radius 1 is 1.38 bits per heavy atom. The van der Waals surface area contributed by atoms with E-state index in [0.29, 0.717) is 5.95 Å². The van der Waals surface area contributed by atoms with Crippen molar-refractivity contribution in [3.8, 4) is 0 Å². The van der Waals surface area contributed by atoms with Gasteiger partial charge in [-0.15, -0.1) is 11.3 Å². The van der Waals surface area contributed by atoms with Crippen molar-refractivity contribution < 1.29 is 4.39 Å². The second-order valence-electron chi connectivity index (χ2n) is 3.42. The van der Waals surface area contributed by atoms with Gasteiger partial charge >= 0.3 is 0 Å². The summed E-state index contributed by atoms with van der Waals surface area (Å²) < 4.78 is 12.6. The molecule has 0 spiro atoms. The van der Waals surface area contributed by atoms with Gasteiger partial charge in [-0.25, -0.2) is 19.3 Å². The van der Waals surface area contributed by atoms with Crippen LogP contribution in [0.15, 0.2) is 17.8 Å². The average Bonchev–Trinajstić information content (AvgIpc) is 2.68. The summed E-state index contributed by atoms with van der Waals surface area (Å²) in [6.07, 6.45) is 2.27. The maximum atomic E-state index is 12.6. The molecule has 2 rings (SSSR count). The Kier molecular flexibility index (Phi) is 3.09. The Balaban J connectivity index is 2.07. The molecule has 0 aliphatic heterocycles. The molecule has 1 N–H and O–H groups in total. The normalized spacial score (nSPS) is 12.4. The zero-order chi connectivity index (χ0) is 11.5. The summed E-state index contributed by atoms with van der Waals surface area (Å²) in [5.74, 6) is -0.0370. The molecule has 1 atom stereocenters. The molecule has 0 aliphatic carbocycles. The minimum absolute atomic E-state index is 0.0177. The van der Waals surface area contributed by atoms with Crippen LogP contribution in [0.3, 0.4) is 0 Å². The summed E-state index contributed by atoms with van der Waals surface area (Å²) in [6.45, 7) is 3.91. The van der Waals surface area contributed by atoms with Crippen LogP contribution in [0.5, 0.6) is 0 Å². The smallest absolute Gasteiger partial charge is 0.223 e. The van der Waals surface area contributed by atoms with Gasteiger partial charge in [-0.2, -0.15) is 0 Å². The van der Waals surface area contributed by atoms with E-state index in [1.807, 2.05) is 19.2 Å². The predicted molar refractivity (Wildman–Crippen MR) is 60.9 cm³/mol. The van der Waals surface area contributed by atoms with Gasteiger partial charge < -0.3 is 5.32 Å². The second kappa shape index (κ2) is 4.52. The SMILES string of the molecule is Cc1csc(C(C)Nc2ncc(F)cn2)n1. The first-order chi connectivity index (χ1) is 7.65. The fourth-order valence-electron chi connectivity index (χ4n) is 1.21. The van der Waals surface area contributed by atoms with Crippen LogP contribution in [-0.4, -0.2) is 15.0 Å². The maximum absolute atomic E-state index is 12.6. The highest BCUT2D eigenvalue weighted by Crippen LogP contribution is 2.20. The van der Waals surface area contributed by atoms with Gasteiger partial charge in [0.2, 0.25) is 5.95 Å². The highest BCUT2D eigenvalue weighted by Gasteiger charge is 2.10. The fraction of sp³-hybridized carbons (Fsp3) is 0.300. The third kappa shape index (κ3) is 2.52. The third-order valence-electron chi connectivity index (χ3n) is 1.97. The number of hydrogen-bond acceptors (Lipinski definition) is 5. The van der Waals surface area contributed by atoms with Crippen LogP contribution in [0.1, 0.15) is 23.7 Å². The van der Waals surface area contributed by atoms with E-state index in [4.69, 9.17) is 0 Å². The van der Waals surface area contributed by atoms with Crippen molar-refractivity contribution in [3.05, 3.63) is 34.3 Å². The summed E-state index contributed by atoms with van der Waals surface area (Å²) >= 11 is 1.58. The number of nitrogens with one attached hydrogen (secondary N) is 1. The van der Waals surface area contributed by atoms with Crippen molar-refractivity contribution >= 4 is 17.3 Å². The Bertz CT molecular complexity index is 468. The molecule has 0 bridgehead atoms.